The van der Waals surface area contributed by atoms with E-state index >= 15 is 0 Å². The Morgan fingerprint density at radius 2 is 2.64 bits per heavy atom. The summed E-state index contributed by atoms with van der Waals surface area (Å²) in [6.45, 7) is 7.31. The minimum Gasteiger partial charge on any atom is -0.376 e. The van der Waals surface area contributed by atoms with E-state index in [-0.39, 0.29) is 0 Å². The van der Waals surface area contributed by atoms with E-state index in [4.69, 9.17) is 4.74 Å². The number of hydrogen-bond acceptors (Lipinski definition) is 3. The van der Waals surface area contributed by atoms with Gasteiger partial charge in [-0.3, -0.25) is 0 Å². The maximum atomic E-state index is 5.35. The predicted octanol–water partition coefficient (Wildman–Crippen LogP) is 2.55. The Morgan fingerprint density at radius 1 is 1.82 bits per heavy atom. The zero-order valence-corrected chi connectivity index (χ0v) is 8.34. The molecule has 0 amide bonds. The van der Waals surface area contributed by atoms with Crippen molar-refractivity contribution in [2.24, 2.45) is 0 Å². The Hall–Kier alpha value is 0.400. The summed E-state index contributed by atoms with van der Waals surface area (Å²) >= 11 is 3.87. The highest BCUT2D eigenvalue weighted by molar-refractivity contribution is 8.24. The van der Waals surface area contributed by atoms with Crippen LogP contribution in [0.25, 0.3) is 0 Å². The van der Waals surface area contributed by atoms with Gasteiger partial charge < -0.3 is 4.74 Å². The van der Waals surface area contributed by atoms with Gasteiger partial charge >= 0.3 is 0 Å². The molecule has 0 aromatic rings. The van der Waals surface area contributed by atoms with Gasteiger partial charge in [0, 0.05) is 11.0 Å². The zero-order chi connectivity index (χ0) is 8.10. The van der Waals surface area contributed by atoms with Crippen molar-refractivity contribution in [3.05, 3.63) is 17.2 Å². The van der Waals surface area contributed by atoms with Crippen LogP contribution in [-0.4, -0.2) is 24.2 Å². The topological polar surface area (TPSA) is 9.23 Å². The van der Waals surface area contributed by atoms with Crippen molar-refractivity contribution in [1.29, 1.82) is 0 Å². The first kappa shape index (κ1) is 9.49. The number of thioether (sulfide) groups is 2. The SMILES string of the molecule is C=CCOCC1CS[C](C)S1. The maximum Gasteiger partial charge on any atom is 0.0821 e. The van der Waals surface area contributed by atoms with Gasteiger partial charge in [-0.1, -0.05) is 6.08 Å². The van der Waals surface area contributed by atoms with Crippen LogP contribution in [0, 0.1) is 4.58 Å². The van der Waals surface area contributed by atoms with Crippen molar-refractivity contribution in [2.75, 3.05) is 19.0 Å². The molecule has 1 saturated heterocycles. The summed E-state index contributed by atoms with van der Waals surface area (Å²) < 4.78 is 6.82. The van der Waals surface area contributed by atoms with Gasteiger partial charge in [0.25, 0.3) is 0 Å². The lowest BCUT2D eigenvalue weighted by molar-refractivity contribution is 0.167. The molecule has 0 N–H and O–H groups in total. The Morgan fingerprint density at radius 3 is 3.18 bits per heavy atom. The van der Waals surface area contributed by atoms with Gasteiger partial charge in [-0.25, -0.2) is 0 Å². The van der Waals surface area contributed by atoms with Crippen molar-refractivity contribution >= 4 is 23.5 Å². The van der Waals surface area contributed by atoms with Gasteiger partial charge in [0.2, 0.25) is 0 Å². The van der Waals surface area contributed by atoms with E-state index in [2.05, 4.69) is 13.5 Å². The van der Waals surface area contributed by atoms with Crippen molar-refractivity contribution in [3.63, 3.8) is 0 Å². The summed E-state index contributed by atoms with van der Waals surface area (Å²) in [6.07, 6.45) is 1.79. The molecule has 1 heterocycles. The summed E-state index contributed by atoms with van der Waals surface area (Å²) in [4.78, 5) is 0. The molecule has 0 bridgehead atoms. The number of rotatable bonds is 4. The second-order valence-electron chi connectivity index (χ2n) is 2.37. The third-order valence-electron chi connectivity index (χ3n) is 1.34. The fourth-order valence-electron chi connectivity index (χ4n) is 0.878. The predicted molar refractivity (Wildman–Crippen MR) is 53.8 cm³/mol. The molecule has 1 fully saturated rings. The Bertz CT molecular complexity index is 127. The molecule has 1 aliphatic heterocycles. The van der Waals surface area contributed by atoms with Crippen LogP contribution in [0.3, 0.4) is 0 Å². The largest absolute Gasteiger partial charge is 0.376 e. The van der Waals surface area contributed by atoms with E-state index in [1.807, 2.05) is 23.5 Å². The molecule has 1 nitrogen and oxygen atoms in total. The minimum atomic E-state index is 0.667. The summed E-state index contributed by atoms with van der Waals surface area (Å²) in [5.74, 6) is 1.20. The Balaban J connectivity index is 2.03. The molecule has 0 saturated carbocycles. The van der Waals surface area contributed by atoms with Crippen LogP contribution < -0.4 is 0 Å². The minimum absolute atomic E-state index is 0.667. The zero-order valence-electron chi connectivity index (χ0n) is 6.71. The lowest BCUT2D eigenvalue weighted by Gasteiger charge is -2.06. The van der Waals surface area contributed by atoms with Gasteiger partial charge in [-0.2, -0.15) is 0 Å². The highest BCUT2D eigenvalue weighted by Crippen LogP contribution is 2.43. The fourth-order valence-corrected chi connectivity index (χ4v) is 3.39. The molecule has 1 aliphatic rings. The van der Waals surface area contributed by atoms with E-state index in [1.165, 1.54) is 10.3 Å². The molecule has 11 heavy (non-hydrogen) atoms. The van der Waals surface area contributed by atoms with Gasteiger partial charge in [0.1, 0.15) is 0 Å². The Labute approximate surface area is 77.0 Å². The molecular weight excluding hydrogens is 176 g/mol. The standard InChI is InChI=1S/C8H13OS2/c1-3-4-9-5-8-6-10-7(2)11-8/h3,8H,1,4-6H2,2H3. The number of ether oxygens (including phenoxy) is 1. The maximum absolute atomic E-state index is 5.35. The quantitative estimate of drug-likeness (QED) is 0.497. The lowest BCUT2D eigenvalue weighted by atomic mass is 10.5. The first-order valence-electron chi connectivity index (χ1n) is 3.64. The Kier molecular flexibility index (Phi) is 4.41. The average Bonchev–Trinajstić information content (AvgIpc) is 2.37. The van der Waals surface area contributed by atoms with Crippen LogP contribution in [0.4, 0.5) is 0 Å². The molecule has 1 rings (SSSR count). The van der Waals surface area contributed by atoms with Crippen molar-refractivity contribution in [1.82, 2.24) is 0 Å². The summed E-state index contributed by atoms with van der Waals surface area (Å²) in [5.41, 5.74) is 0. The summed E-state index contributed by atoms with van der Waals surface area (Å²) in [5, 5.41) is 0.667. The van der Waals surface area contributed by atoms with Crippen LogP contribution in [0.15, 0.2) is 12.7 Å². The number of hydrogen-bond donors (Lipinski definition) is 0. The van der Waals surface area contributed by atoms with E-state index in [9.17, 15) is 0 Å². The first-order chi connectivity index (χ1) is 5.33. The highest BCUT2D eigenvalue weighted by Gasteiger charge is 2.22. The fraction of sp³-hybridized carbons (Fsp3) is 0.625. The van der Waals surface area contributed by atoms with E-state index < -0.39 is 0 Å². The van der Waals surface area contributed by atoms with Crippen LogP contribution in [0.5, 0.6) is 0 Å². The molecule has 1 atom stereocenters. The smallest absolute Gasteiger partial charge is 0.0821 e. The van der Waals surface area contributed by atoms with Crippen molar-refractivity contribution in [3.8, 4) is 0 Å². The molecule has 3 heteroatoms. The van der Waals surface area contributed by atoms with Gasteiger partial charge in [-0.15, -0.1) is 30.1 Å². The van der Waals surface area contributed by atoms with Crippen LogP contribution in [-0.2, 0) is 4.74 Å². The van der Waals surface area contributed by atoms with Gasteiger partial charge in [0.15, 0.2) is 0 Å². The summed E-state index contributed by atoms with van der Waals surface area (Å²) in [7, 11) is 0. The normalized spacial score (nSPS) is 25.7. The molecule has 0 aliphatic carbocycles. The molecule has 63 valence electrons. The first-order valence-corrected chi connectivity index (χ1v) is 5.51. The van der Waals surface area contributed by atoms with E-state index in [1.54, 1.807) is 6.08 Å². The van der Waals surface area contributed by atoms with Crippen molar-refractivity contribution < 1.29 is 4.74 Å². The lowest BCUT2D eigenvalue weighted by Crippen LogP contribution is -2.10. The second-order valence-corrected chi connectivity index (χ2v) is 5.38. The average molecular weight is 189 g/mol. The van der Waals surface area contributed by atoms with E-state index in [0.29, 0.717) is 11.9 Å². The molecule has 1 unspecified atom stereocenters. The third kappa shape index (κ3) is 3.54. The monoisotopic (exact) mass is 189 g/mol. The summed E-state index contributed by atoms with van der Waals surface area (Å²) in [6, 6.07) is 0. The van der Waals surface area contributed by atoms with Crippen LogP contribution >= 0.6 is 23.5 Å². The highest BCUT2D eigenvalue weighted by atomic mass is 32.2. The van der Waals surface area contributed by atoms with Crippen LogP contribution in [0.1, 0.15) is 6.92 Å². The molecular formula is C8H13OS2. The van der Waals surface area contributed by atoms with Crippen LogP contribution in [0.2, 0.25) is 0 Å². The molecule has 0 aromatic carbocycles. The molecule has 0 spiro atoms. The van der Waals surface area contributed by atoms with Gasteiger partial charge in [0.05, 0.1) is 17.8 Å². The molecule has 0 aromatic heterocycles. The molecule has 1 radical (unpaired) electrons. The second kappa shape index (κ2) is 5.12. The third-order valence-corrected chi connectivity index (χ3v) is 4.14. The van der Waals surface area contributed by atoms with Crippen molar-refractivity contribution in [2.45, 2.75) is 12.2 Å². The van der Waals surface area contributed by atoms with E-state index in [0.717, 1.165) is 6.61 Å². The van der Waals surface area contributed by atoms with Gasteiger partial charge in [-0.05, 0) is 6.92 Å².